The molecule has 0 saturated carbocycles. The van der Waals surface area contributed by atoms with Crippen molar-refractivity contribution in [3.05, 3.63) is 27.0 Å². The van der Waals surface area contributed by atoms with Crippen molar-refractivity contribution < 1.29 is 0 Å². The average molecular weight is 168 g/mol. The zero-order valence-corrected chi connectivity index (χ0v) is 6.83. The van der Waals surface area contributed by atoms with Crippen molar-refractivity contribution in [2.45, 2.75) is 26.3 Å². The van der Waals surface area contributed by atoms with E-state index in [0.29, 0.717) is 6.54 Å². The zero-order valence-electron chi connectivity index (χ0n) is 6.83. The van der Waals surface area contributed by atoms with E-state index in [1.54, 1.807) is 0 Å². The lowest BCUT2D eigenvalue weighted by Crippen LogP contribution is -2.37. The molecule has 5 heteroatoms. The molecule has 0 atom stereocenters. The van der Waals surface area contributed by atoms with Crippen LogP contribution in [0.3, 0.4) is 0 Å². The maximum absolute atomic E-state index is 11.0. The summed E-state index contributed by atoms with van der Waals surface area (Å²) in [7, 11) is 0. The summed E-state index contributed by atoms with van der Waals surface area (Å²) in [6.07, 6.45) is 4.05. The molecule has 0 spiro atoms. The molecule has 0 saturated heterocycles. The molecule has 1 aromatic rings. The van der Waals surface area contributed by atoms with E-state index in [0.717, 1.165) is 17.5 Å². The number of aromatic nitrogens is 3. The largest absolute Gasteiger partial charge is 0.332 e. The van der Waals surface area contributed by atoms with E-state index in [4.69, 9.17) is 0 Å². The van der Waals surface area contributed by atoms with Crippen molar-refractivity contribution in [3.63, 3.8) is 0 Å². The molecule has 1 radical (unpaired) electrons. The topological polar surface area (TPSA) is 67.8 Å². The Morgan fingerprint density at radius 2 is 2.33 bits per heavy atom. The number of hydrogen-bond acceptors (Lipinski definition) is 3. The molecule has 1 heterocycles. The third-order valence-corrected chi connectivity index (χ3v) is 1.49. The number of hydrogen-bond donors (Lipinski definition) is 1. The van der Waals surface area contributed by atoms with Crippen molar-refractivity contribution in [2.75, 3.05) is 0 Å². The van der Waals surface area contributed by atoms with Gasteiger partial charge in [-0.25, -0.2) is 4.68 Å². The van der Waals surface area contributed by atoms with Crippen molar-refractivity contribution in [1.29, 1.82) is 0 Å². The van der Waals surface area contributed by atoms with E-state index in [9.17, 15) is 9.59 Å². The molecular weight excluding hydrogens is 158 g/mol. The SMILES string of the molecule is CCCCn1n[c][nH]c(=O)c1=O. The van der Waals surface area contributed by atoms with Gasteiger partial charge in [0.15, 0.2) is 6.33 Å². The summed E-state index contributed by atoms with van der Waals surface area (Å²) in [5.74, 6) is 0. The zero-order chi connectivity index (χ0) is 8.97. The second-order valence-electron chi connectivity index (χ2n) is 2.45. The third kappa shape index (κ3) is 1.81. The smallest absolute Gasteiger partial charge is 0.298 e. The van der Waals surface area contributed by atoms with Gasteiger partial charge in [0, 0.05) is 6.54 Å². The van der Waals surface area contributed by atoms with Gasteiger partial charge in [-0.2, -0.15) is 0 Å². The number of aromatic amines is 1. The van der Waals surface area contributed by atoms with Gasteiger partial charge in [0.1, 0.15) is 0 Å². The van der Waals surface area contributed by atoms with Gasteiger partial charge in [-0.1, -0.05) is 13.3 Å². The normalized spacial score (nSPS) is 10.1. The van der Waals surface area contributed by atoms with Crippen LogP contribution in [-0.2, 0) is 6.54 Å². The van der Waals surface area contributed by atoms with Crippen molar-refractivity contribution in [3.8, 4) is 0 Å². The maximum atomic E-state index is 11.0. The highest BCUT2D eigenvalue weighted by molar-refractivity contribution is 4.71. The van der Waals surface area contributed by atoms with Crippen LogP contribution in [0.2, 0.25) is 0 Å². The Balaban J connectivity index is 2.93. The van der Waals surface area contributed by atoms with Crippen LogP contribution < -0.4 is 11.1 Å². The first-order chi connectivity index (χ1) is 5.75. The highest BCUT2D eigenvalue weighted by Gasteiger charge is 1.98. The summed E-state index contributed by atoms with van der Waals surface area (Å²) in [6, 6.07) is 0. The van der Waals surface area contributed by atoms with Gasteiger partial charge in [-0.15, -0.1) is 5.10 Å². The number of aryl methyl sites for hydroxylation is 1. The van der Waals surface area contributed by atoms with E-state index in [2.05, 4.69) is 16.4 Å². The van der Waals surface area contributed by atoms with Crippen LogP contribution in [0.1, 0.15) is 19.8 Å². The lowest BCUT2D eigenvalue weighted by molar-refractivity contribution is 0.528. The van der Waals surface area contributed by atoms with Gasteiger partial charge in [0.25, 0.3) is 0 Å². The minimum absolute atomic E-state index is 0.482. The number of nitrogens with zero attached hydrogens (tertiary/aromatic N) is 2. The van der Waals surface area contributed by atoms with Gasteiger partial charge in [0.05, 0.1) is 0 Å². The minimum Gasteiger partial charge on any atom is -0.298 e. The summed E-state index contributed by atoms with van der Waals surface area (Å²) in [5, 5.41) is 3.60. The molecule has 0 fully saturated rings. The first kappa shape index (κ1) is 8.70. The summed E-state index contributed by atoms with van der Waals surface area (Å²) in [6.45, 7) is 2.48. The van der Waals surface area contributed by atoms with Crippen LogP contribution in [0.5, 0.6) is 0 Å². The quantitative estimate of drug-likeness (QED) is 0.620. The van der Waals surface area contributed by atoms with Crippen molar-refractivity contribution in [1.82, 2.24) is 14.8 Å². The molecule has 12 heavy (non-hydrogen) atoms. The van der Waals surface area contributed by atoms with Crippen LogP contribution in [0.25, 0.3) is 0 Å². The molecule has 0 aliphatic heterocycles. The highest BCUT2D eigenvalue weighted by atomic mass is 16.2. The second kappa shape index (κ2) is 3.85. The number of nitrogens with one attached hydrogen (secondary N) is 1. The van der Waals surface area contributed by atoms with Gasteiger partial charge in [0.2, 0.25) is 0 Å². The van der Waals surface area contributed by atoms with Crippen LogP contribution in [0.15, 0.2) is 9.59 Å². The molecule has 0 aliphatic carbocycles. The monoisotopic (exact) mass is 168 g/mol. The Morgan fingerprint density at radius 3 is 3.00 bits per heavy atom. The van der Waals surface area contributed by atoms with E-state index >= 15 is 0 Å². The fourth-order valence-electron chi connectivity index (χ4n) is 0.812. The minimum atomic E-state index is -0.666. The molecule has 65 valence electrons. The van der Waals surface area contributed by atoms with Crippen molar-refractivity contribution in [2.24, 2.45) is 0 Å². The number of rotatable bonds is 3. The van der Waals surface area contributed by atoms with Gasteiger partial charge < -0.3 is 0 Å². The molecule has 5 nitrogen and oxygen atoms in total. The molecule has 0 aliphatic rings. The first-order valence-electron chi connectivity index (χ1n) is 3.83. The Kier molecular flexibility index (Phi) is 2.79. The molecule has 1 aromatic heterocycles. The van der Waals surface area contributed by atoms with Gasteiger partial charge in [-0.3, -0.25) is 14.6 Å². The van der Waals surface area contributed by atoms with Gasteiger partial charge >= 0.3 is 11.1 Å². The molecule has 0 aromatic carbocycles. The lowest BCUT2D eigenvalue weighted by Gasteiger charge is -1.98. The maximum Gasteiger partial charge on any atom is 0.332 e. The number of H-pyrrole nitrogens is 1. The fourth-order valence-corrected chi connectivity index (χ4v) is 0.812. The Hall–Kier alpha value is -1.39. The highest BCUT2D eigenvalue weighted by Crippen LogP contribution is 1.86. The molecule has 0 bridgehead atoms. The summed E-state index contributed by atoms with van der Waals surface area (Å²) in [5.41, 5.74) is -1.27. The molecule has 0 unspecified atom stereocenters. The fraction of sp³-hybridized carbons (Fsp3) is 0.571. The van der Waals surface area contributed by atoms with E-state index < -0.39 is 11.1 Å². The van der Waals surface area contributed by atoms with Crippen LogP contribution >= 0.6 is 0 Å². The standard InChI is InChI=1S/C7H10N3O2/c1-2-3-4-10-7(12)6(11)8-5-9-10/h2-4H2,1H3,(H,8,9,11). The molecule has 1 rings (SSSR count). The first-order valence-corrected chi connectivity index (χ1v) is 3.83. The lowest BCUT2D eigenvalue weighted by atomic mass is 10.3. The Morgan fingerprint density at radius 1 is 1.58 bits per heavy atom. The van der Waals surface area contributed by atoms with E-state index in [1.807, 2.05) is 6.92 Å². The Bertz CT molecular complexity index is 352. The van der Waals surface area contributed by atoms with Crippen molar-refractivity contribution >= 4 is 0 Å². The average Bonchev–Trinajstić information content (AvgIpc) is 2.08. The van der Waals surface area contributed by atoms with Crippen LogP contribution in [0.4, 0.5) is 0 Å². The number of unbranched alkanes of at least 4 members (excludes halogenated alkanes) is 1. The van der Waals surface area contributed by atoms with Crippen LogP contribution in [-0.4, -0.2) is 14.8 Å². The van der Waals surface area contributed by atoms with E-state index in [1.165, 1.54) is 0 Å². The third-order valence-electron chi connectivity index (χ3n) is 1.49. The van der Waals surface area contributed by atoms with Crippen LogP contribution in [0, 0.1) is 6.33 Å². The second-order valence-corrected chi connectivity index (χ2v) is 2.45. The molecule has 1 N–H and O–H groups in total. The predicted molar refractivity (Wildman–Crippen MR) is 42.9 cm³/mol. The van der Waals surface area contributed by atoms with Gasteiger partial charge in [-0.05, 0) is 6.42 Å². The molecular formula is C7H10N3O2. The summed E-state index contributed by atoms with van der Waals surface area (Å²) in [4.78, 5) is 23.8. The predicted octanol–water partition coefficient (Wildman–Crippen LogP) is -0.468. The van der Waals surface area contributed by atoms with E-state index in [-0.39, 0.29) is 0 Å². The summed E-state index contributed by atoms with van der Waals surface area (Å²) >= 11 is 0. The Labute approximate surface area is 69.1 Å². The summed E-state index contributed by atoms with van der Waals surface area (Å²) < 4.78 is 1.13. The molecule has 0 amide bonds.